The molecule has 0 spiro atoms. The van der Waals surface area contributed by atoms with Crippen molar-refractivity contribution in [2.75, 3.05) is 17.8 Å². The summed E-state index contributed by atoms with van der Waals surface area (Å²) in [5, 5.41) is 2.66. The van der Waals surface area contributed by atoms with Gasteiger partial charge in [0.25, 0.3) is 0 Å². The molecule has 0 aliphatic heterocycles. The maximum atomic E-state index is 11.9. The molecule has 1 unspecified atom stereocenters. The number of hydrogen-bond acceptors (Lipinski definition) is 3. The van der Waals surface area contributed by atoms with Crippen LogP contribution in [0.5, 0.6) is 0 Å². The molecule has 0 radical (unpaired) electrons. The highest BCUT2D eigenvalue weighted by atomic mass is 32.2. The third-order valence-corrected chi connectivity index (χ3v) is 4.17. The lowest BCUT2D eigenvalue weighted by Crippen LogP contribution is -2.35. The summed E-state index contributed by atoms with van der Waals surface area (Å²) in [5.74, 6) is 0. The van der Waals surface area contributed by atoms with Crippen molar-refractivity contribution >= 4 is 15.7 Å². The van der Waals surface area contributed by atoms with E-state index < -0.39 is 15.3 Å². The zero-order valence-electron chi connectivity index (χ0n) is 10.3. The molecule has 0 fully saturated rings. The van der Waals surface area contributed by atoms with Gasteiger partial charge < -0.3 is 5.32 Å². The summed E-state index contributed by atoms with van der Waals surface area (Å²) >= 11 is 0. The summed E-state index contributed by atoms with van der Waals surface area (Å²) < 4.78 is 26.5. The molecule has 2 N–H and O–H groups in total. The largest absolute Gasteiger partial charge is 0.315 e. The number of para-hydroxylation sites is 1. The minimum absolute atomic E-state index is 0.450. The molecule has 17 heavy (non-hydrogen) atoms. The molecule has 0 aliphatic carbocycles. The first-order valence-electron chi connectivity index (χ1n) is 5.83. The number of hydrogen-bond donors (Lipinski definition) is 2. The Kier molecular flexibility index (Phi) is 5.44. The van der Waals surface area contributed by atoms with Crippen molar-refractivity contribution in [1.29, 1.82) is 0 Å². The molecule has 1 aromatic rings. The first-order valence-corrected chi connectivity index (χ1v) is 7.38. The summed E-state index contributed by atoms with van der Waals surface area (Å²) in [6.07, 6.45) is 0.999. The highest BCUT2D eigenvalue weighted by Gasteiger charge is 2.19. The first-order chi connectivity index (χ1) is 8.06. The molecule has 0 saturated heterocycles. The van der Waals surface area contributed by atoms with E-state index in [0.717, 1.165) is 13.0 Å². The van der Waals surface area contributed by atoms with Crippen LogP contribution in [-0.4, -0.2) is 26.8 Å². The Morgan fingerprint density at radius 3 is 2.47 bits per heavy atom. The summed E-state index contributed by atoms with van der Waals surface area (Å²) in [6, 6.07) is 8.94. The number of anilines is 1. The topological polar surface area (TPSA) is 58.2 Å². The number of rotatable bonds is 7. The van der Waals surface area contributed by atoms with E-state index in [9.17, 15) is 8.42 Å². The molecule has 5 heteroatoms. The van der Waals surface area contributed by atoms with Gasteiger partial charge in [0, 0.05) is 12.2 Å². The molecule has 0 aliphatic rings. The van der Waals surface area contributed by atoms with E-state index in [1.165, 1.54) is 0 Å². The third-order valence-electron chi connectivity index (χ3n) is 2.42. The van der Waals surface area contributed by atoms with Crippen molar-refractivity contribution in [2.45, 2.75) is 25.5 Å². The summed E-state index contributed by atoms with van der Waals surface area (Å²) in [4.78, 5) is 0. The summed E-state index contributed by atoms with van der Waals surface area (Å²) in [7, 11) is -3.31. The van der Waals surface area contributed by atoms with E-state index in [-0.39, 0.29) is 0 Å². The van der Waals surface area contributed by atoms with Crippen molar-refractivity contribution in [3.8, 4) is 0 Å². The molecule has 0 heterocycles. The fourth-order valence-electron chi connectivity index (χ4n) is 1.36. The predicted molar refractivity (Wildman–Crippen MR) is 71.6 cm³/mol. The van der Waals surface area contributed by atoms with Gasteiger partial charge >= 0.3 is 0 Å². The van der Waals surface area contributed by atoms with Crippen LogP contribution in [0.15, 0.2) is 30.3 Å². The van der Waals surface area contributed by atoms with E-state index in [0.29, 0.717) is 12.2 Å². The lowest BCUT2D eigenvalue weighted by Gasteiger charge is -2.15. The average Bonchev–Trinajstić information content (AvgIpc) is 2.30. The zero-order chi connectivity index (χ0) is 12.7. The standard InChI is InChI=1S/C12H20N2O2S/c1-3-9-13-10-11(2)17(15,16)14-12-7-5-4-6-8-12/h4-8,11,13-14H,3,9-10H2,1-2H3. The minimum Gasteiger partial charge on any atom is -0.315 e. The van der Waals surface area contributed by atoms with E-state index >= 15 is 0 Å². The smallest absolute Gasteiger partial charge is 0.236 e. The van der Waals surface area contributed by atoms with Gasteiger partial charge in [-0.25, -0.2) is 8.42 Å². The van der Waals surface area contributed by atoms with Gasteiger partial charge in [0.05, 0.1) is 5.25 Å². The predicted octanol–water partition coefficient (Wildman–Crippen LogP) is 1.82. The van der Waals surface area contributed by atoms with Crippen LogP contribution in [0.1, 0.15) is 20.3 Å². The zero-order valence-corrected chi connectivity index (χ0v) is 11.1. The minimum atomic E-state index is -3.31. The van der Waals surface area contributed by atoms with Gasteiger partial charge in [0.2, 0.25) is 10.0 Å². The Hall–Kier alpha value is -1.07. The van der Waals surface area contributed by atoms with Gasteiger partial charge in [0.15, 0.2) is 0 Å². The quantitative estimate of drug-likeness (QED) is 0.732. The second-order valence-corrected chi connectivity index (χ2v) is 6.13. The second kappa shape index (κ2) is 6.61. The Labute approximate surface area is 103 Å². The van der Waals surface area contributed by atoms with Crippen LogP contribution in [0.4, 0.5) is 5.69 Å². The van der Waals surface area contributed by atoms with E-state index in [1.807, 2.05) is 13.0 Å². The van der Waals surface area contributed by atoms with Crippen LogP contribution in [0, 0.1) is 0 Å². The van der Waals surface area contributed by atoms with Crippen molar-refractivity contribution in [3.05, 3.63) is 30.3 Å². The van der Waals surface area contributed by atoms with E-state index in [4.69, 9.17) is 0 Å². The molecule has 1 atom stereocenters. The maximum absolute atomic E-state index is 11.9. The molecule has 4 nitrogen and oxygen atoms in total. The van der Waals surface area contributed by atoms with Gasteiger partial charge in [-0.3, -0.25) is 4.72 Å². The van der Waals surface area contributed by atoms with Crippen molar-refractivity contribution in [3.63, 3.8) is 0 Å². The number of nitrogens with one attached hydrogen (secondary N) is 2. The average molecular weight is 256 g/mol. The van der Waals surface area contributed by atoms with Crippen molar-refractivity contribution < 1.29 is 8.42 Å². The van der Waals surface area contributed by atoms with Gasteiger partial charge in [0.1, 0.15) is 0 Å². The lowest BCUT2D eigenvalue weighted by atomic mass is 10.3. The molecule has 0 saturated carbocycles. The fourth-order valence-corrected chi connectivity index (χ4v) is 2.37. The third kappa shape index (κ3) is 4.75. The Morgan fingerprint density at radius 2 is 1.88 bits per heavy atom. The monoisotopic (exact) mass is 256 g/mol. The maximum Gasteiger partial charge on any atom is 0.236 e. The number of sulfonamides is 1. The fraction of sp³-hybridized carbons (Fsp3) is 0.500. The highest BCUT2D eigenvalue weighted by Crippen LogP contribution is 2.10. The van der Waals surface area contributed by atoms with Gasteiger partial charge in [-0.1, -0.05) is 25.1 Å². The van der Waals surface area contributed by atoms with Gasteiger partial charge in [-0.15, -0.1) is 0 Å². The van der Waals surface area contributed by atoms with Crippen LogP contribution in [-0.2, 0) is 10.0 Å². The van der Waals surface area contributed by atoms with Crippen LogP contribution >= 0.6 is 0 Å². The van der Waals surface area contributed by atoms with Crippen LogP contribution < -0.4 is 10.0 Å². The molecule has 0 bridgehead atoms. The normalized spacial score (nSPS) is 13.3. The summed E-state index contributed by atoms with van der Waals surface area (Å²) in [6.45, 7) is 5.06. The summed E-state index contributed by atoms with van der Waals surface area (Å²) in [5.41, 5.74) is 0.606. The molecule has 0 amide bonds. The molecular weight excluding hydrogens is 236 g/mol. The SMILES string of the molecule is CCCNCC(C)S(=O)(=O)Nc1ccccc1. The Bertz CT molecular complexity index is 417. The van der Waals surface area contributed by atoms with Gasteiger partial charge in [-0.2, -0.15) is 0 Å². The van der Waals surface area contributed by atoms with Crippen molar-refractivity contribution in [2.24, 2.45) is 0 Å². The first kappa shape index (κ1) is 14.0. The van der Waals surface area contributed by atoms with E-state index in [1.54, 1.807) is 31.2 Å². The lowest BCUT2D eigenvalue weighted by molar-refractivity contribution is 0.576. The molecule has 1 aromatic carbocycles. The number of benzene rings is 1. The van der Waals surface area contributed by atoms with Crippen LogP contribution in [0.25, 0.3) is 0 Å². The van der Waals surface area contributed by atoms with Crippen LogP contribution in [0.3, 0.4) is 0 Å². The van der Waals surface area contributed by atoms with Gasteiger partial charge in [-0.05, 0) is 32.0 Å². The van der Waals surface area contributed by atoms with E-state index in [2.05, 4.69) is 10.0 Å². The van der Waals surface area contributed by atoms with Crippen LogP contribution in [0.2, 0.25) is 0 Å². The Balaban J connectivity index is 2.56. The molecule has 96 valence electrons. The molecular formula is C12H20N2O2S. The van der Waals surface area contributed by atoms with Crippen molar-refractivity contribution in [1.82, 2.24) is 5.32 Å². The molecule has 0 aromatic heterocycles. The second-order valence-electron chi connectivity index (χ2n) is 4.03. The Morgan fingerprint density at radius 1 is 1.24 bits per heavy atom. The molecule has 1 rings (SSSR count). The highest BCUT2D eigenvalue weighted by molar-refractivity contribution is 7.93.